The van der Waals surface area contributed by atoms with E-state index < -0.39 is 0 Å². The summed E-state index contributed by atoms with van der Waals surface area (Å²) in [5, 5.41) is 9.12. The number of hydrogen-bond acceptors (Lipinski definition) is 5. The van der Waals surface area contributed by atoms with Crippen molar-refractivity contribution in [2.24, 2.45) is 5.92 Å². The summed E-state index contributed by atoms with van der Waals surface area (Å²) in [5.74, 6) is 0.552. The highest BCUT2D eigenvalue weighted by atomic mass is 32.1. The van der Waals surface area contributed by atoms with Crippen molar-refractivity contribution in [1.29, 1.82) is 0 Å². The second kappa shape index (κ2) is 9.05. The van der Waals surface area contributed by atoms with Gasteiger partial charge in [-0.2, -0.15) is 0 Å². The van der Waals surface area contributed by atoms with Crippen LogP contribution in [0.15, 0.2) is 47.3 Å². The number of thiazole rings is 2. The predicted octanol–water partition coefficient (Wildman–Crippen LogP) is 5.10. The van der Waals surface area contributed by atoms with Crippen LogP contribution in [0.3, 0.4) is 0 Å². The van der Waals surface area contributed by atoms with Crippen molar-refractivity contribution in [1.82, 2.24) is 15.3 Å². The van der Waals surface area contributed by atoms with Crippen LogP contribution in [0, 0.1) is 5.92 Å². The number of aryl methyl sites for hydroxylation is 1. The van der Waals surface area contributed by atoms with Gasteiger partial charge in [0, 0.05) is 28.9 Å². The molecule has 0 spiro atoms. The van der Waals surface area contributed by atoms with Crippen molar-refractivity contribution in [3.8, 4) is 10.6 Å². The van der Waals surface area contributed by atoms with Crippen LogP contribution in [0.5, 0.6) is 0 Å². The number of nitrogens with zero attached hydrogens (tertiary/aromatic N) is 2. The van der Waals surface area contributed by atoms with Crippen molar-refractivity contribution in [2.45, 2.75) is 39.2 Å². The number of rotatable bonds is 8. The number of carbonyl (C=O) groups is 1. The molecule has 6 heteroatoms. The van der Waals surface area contributed by atoms with Gasteiger partial charge in [-0.05, 0) is 18.8 Å². The van der Waals surface area contributed by atoms with Gasteiger partial charge >= 0.3 is 0 Å². The van der Waals surface area contributed by atoms with E-state index in [-0.39, 0.29) is 11.9 Å². The van der Waals surface area contributed by atoms with E-state index in [1.165, 1.54) is 0 Å². The van der Waals surface area contributed by atoms with Crippen LogP contribution in [0.4, 0.5) is 0 Å². The molecule has 2 aromatic heterocycles. The van der Waals surface area contributed by atoms with Gasteiger partial charge in [0.2, 0.25) is 5.91 Å². The molecule has 0 aliphatic carbocycles. The van der Waals surface area contributed by atoms with Crippen LogP contribution < -0.4 is 5.32 Å². The maximum atomic E-state index is 12.4. The Labute approximate surface area is 162 Å². The topological polar surface area (TPSA) is 54.9 Å². The van der Waals surface area contributed by atoms with Gasteiger partial charge in [-0.15, -0.1) is 22.7 Å². The average Bonchev–Trinajstić information content (AvgIpc) is 3.32. The number of nitrogens with one attached hydrogen (secondary N) is 1. The van der Waals surface area contributed by atoms with E-state index in [4.69, 9.17) is 0 Å². The summed E-state index contributed by atoms with van der Waals surface area (Å²) in [5.41, 5.74) is 2.09. The Balaban J connectivity index is 1.56. The fourth-order valence-electron chi connectivity index (χ4n) is 2.74. The molecule has 4 nitrogen and oxygen atoms in total. The van der Waals surface area contributed by atoms with E-state index in [1.54, 1.807) is 28.9 Å². The number of amides is 1. The molecule has 2 heterocycles. The van der Waals surface area contributed by atoms with Gasteiger partial charge in [-0.3, -0.25) is 4.79 Å². The Morgan fingerprint density at radius 3 is 2.69 bits per heavy atom. The molecule has 0 saturated carbocycles. The van der Waals surface area contributed by atoms with Crippen LogP contribution in [0.1, 0.15) is 43.4 Å². The summed E-state index contributed by atoms with van der Waals surface area (Å²) in [7, 11) is 0. The van der Waals surface area contributed by atoms with Crippen molar-refractivity contribution in [3.63, 3.8) is 0 Å². The molecule has 0 aliphatic heterocycles. The monoisotopic (exact) mass is 385 g/mol. The minimum atomic E-state index is -0.00202. The quantitative estimate of drug-likeness (QED) is 0.587. The van der Waals surface area contributed by atoms with Gasteiger partial charge in [0.1, 0.15) is 10.0 Å². The van der Waals surface area contributed by atoms with Crippen LogP contribution in [0.25, 0.3) is 10.6 Å². The highest BCUT2D eigenvalue weighted by molar-refractivity contribution is 7.13. The Hall–Kier alpha value is -2.05. The molecule has 0 saturated heterocycles. The van der Waals surface area contributed by atoms with E-state index in [2.05, 4.69) is 41.3 Å². The molecule has 1 unspecified atom stereocenters. The fraction of sp³-hybridized carbons (Fsp3) is 0.350. The predicted molar refractivity (Wildman–Crippen MR) is 108 cm³/mol. The zero-order chi connectivity index (χ0) is 18.4. The van der Waals surface area contributed by atoms with Crippen LogP contribution in [-0.4, -0.2) is 15.9 Å². The first-order valence-corrected chi connectivity index (χ1v) is 10.6. The minimum Gasteiger partial charge on any atom is -0.347 e. The summed E-state index contributed by atoms with van der Waals surface area (Å²) in [4.78, 5) is 21.5. The third-order valence-corrected chi connectivity index (χ3v) is 5.80. The Morgan fingerprint density at radius 2 is 2.00 bits per heavy atom. The van der Waals surface area contributed by atoms with E-state index in [0.717, 1.165) is 27.7 Å². The largest absolute Gasteiger partial charge is 0.347 e. The van der Waals surface area contributed by atoms with E-state index in [9.17, 15) is 4.79 Å². The lowest BCUT2D eigenvalue weighted by atomic mass is 10.0. The zero-order valence-corrected chi connectivity index (χ0v) is 16.6. The van der Waals surface area contributed by atoms with Crippen LogP contribution >= 0.6 is 22.7 Å². The third-order valence-electron chi connectivity index (χ3n) is 3.97. The van der Waals surface area contributed by atoms with Crippen molar-refractivity contribution in [2.75, 3.05) is 0 Å². The second-order valence-corrected chi connectivity index (χ2v) is 8.41. The van der Waals surface area contributed by atoms with E-state index in [1.807, 2.05) is 29.0 Å². The van der Waals surface area contributed by atoms with Gasteiger partial charge in [0.05, 0.1) is 11.7 Å². The van der Waals surface area contributed by atoms with Crippen molar-refractivity contribution >= 4 is 28.6 Å². The molecule has 0 fully saturated rings. The normalized spacial score (nSPS) is 12.3. The molecule has 1 aromatic carbocycles. The molecule has 0 radical (unpaired) electrons. The molecule has 1 atom stereocenters. The molecule has 1 amide bonds. The standard InChI is InChI=1S/C20H23N3OS2/c1-14(2)12-17(20-21-10-11-25-20)23-18(24)9-8-16-13-26-19(22-16)15-6-4-3-5-7-15/h3-7,10-11,13-14,17H,8-9,12H2,1-2H3,(H,23,24). The van der Waals surface area contributed by atoms with Gasteiger partial charge in [-0.1, -0.05) is 44.2 Å². The number of hydrogen-bond donors (Lipinski definition) is 1. The number of aromatic nitrogens is 2. The van der Waals surface area contributed by atoms with Crippen molar-refractivity contribution in [3.05, 3.63) is 58.0 Å². The van der Waals surface area contributed by atoms with Crippen LogP contribution in [0.2, 0.25) is 0 Å². The number of carbonyl (C=O) groups excluding carboxylic acids is 1. The summed E-state index contributed by atoms with van der Waals surface area (Å²) in [6.45, 7) is 4.32. The Bertz CT molecular complexity index is 813. The lowest BCUT2D eigenvalue weighted by molar-refractivity contribution is -0.121. The second-order valence-electron chi connectivity index (χ2n) is 6.63. The maximum Gasteiger partial charge on any atom is 0.220 e. The molecular weight excluding hydrogens is 362 g/mol. The van der Waals surface area contributed by atoms with Gasteiger partial charge in [0.25, 0.3) is 0 Å². The Kier molecular flexibility index (Phi) is 6.52. The summed E-state index contributed by atoms with van der Waals surface area (Å²) in [6, 6.07) is 10.1. The van der Waals surface area contributed by atoms with Gasteiger partial charge < -0.3 is 5.32 Å². The molecule has 3 rings (SSSR count). The molecule has 3 aromatic rings. The molecule has 136 valence electrons. The number of benzene rings is 1. The summed E-state index contributed by atoms with van der Waals surface area (Å²) >= 11 is 3.22. The molecule has 0 bridgehead atoms. The first-order valence-electron chi connectivity index (χ1n) is 8.80. The highest BCUT2D eigenvalue weighted by Crippen LogP contribution is 2.25. The average molecular weight is 386 g/mol. The van der Waals surface area contributed by atoms with E-state index >= 15 is 0 Å². The lowest BCUT2D eigenvalue weighted by Crippen LogP contribution is -2.29. The van der Waals surface area contributed by atoms with Gasteiger partial charge in [-0.25, -0.2) is 9.97 Å². The first-order chi connectivity index (χ1) is 12.6. The van der Waals surface area contributed by atoms with E-state index in [0.29, 0.717) is 18.8 Å². The fourth-order valence-corrected chi connectivity index (χ4v) is 4.31. The lowest BCUT2D eigenvalue weighted by Gasteiger charge is -2.18. The third kappa shape index (κ3) is 5.22. The highest BCUT2D eigenvalue weighted by Gasteiger charge is 2.18. The zero-order valence-electron chi connectivity index (χ0n) is 15.0. The van der Waals surface area contributed by atoms with Crippen LogP contribution in [-0.2, 0) is 11.2 Å². The molecular formula is C20H23N3OS2. The Morgan fingerprint density at radius 1 is 1.19 bits per heavy atom. The summed E-state index contributed by atoms with van der Waals surface area (Å²) < 4.78 is 0. The smallest absolute Gasteiger partial charge is 0.220 e. The SMILES string of the molecule is CC(C)CC(NC(=O)CCc1csc(-c2ccccc2)n1)c1nccs1. The molecule has 26 heavy (non-hydrogen) atoms. The molecule has 0 aliphatic rings. The maximum absolute atomic E-state index is 12.4. The first kappa shape index (κ1) is 18.7. The van der Waals surface area contributed by atoms with Crippen molar-refractivity contribution < 1.29 is 4.79 Å². The molecule has 1 N–H and O–H groups in total. The summed E-state index contributed by atoms with van der Waals surface area (Å²) in [6.07, 6.45) is 3.79. The van der Waals surface area contributed by atoms with Gasteiger partial charge in [0.15, 0.2) is 0 Å². The minimum absolute atomic E-state index is 0.00202.